The number of thiophene rings is 2. The number of carbonyl (C=O) groups is 2. The zero-order valence-electron chi connectivity index (χ0n) is 18.9. The number of morpholine rings is 1. The van der Waals surface area contributed by atoms with Crippen LogP contribution in [0.1, 0.15) is 37.5 Å². The lowest BCUT2D eigenvalue weighted by Crippen LogP contribution is -2.62. The Morgan fingerprint density at radius 1 is 1.21 bits per heavy atom. The lowest BCUT2D eigenvalue weighted by atomic mass is 9.98. The van der Waals surface area contributed by atoms with E-state index < -0.39 is 5.91 Å². The molecule has 1 fully saturated rings. The lowest BCUT2D eigenvalue weighted by Gasteiger charge is -2.18. The highest BCUT2D eigenvalue weighted by molar-refractivity contribution is 7.21. The van der Waals surface area contributed by atoms with E-state index in [1.54, 1.807) is 29.2 Å². The van der Waals surface area contributed by atoms with Crippen LogP contribution < -0.4 is 20.9 Å². The third-order valence-electron chi connectivity index (χ3n) is 5.57. The monoisotopic (exact) mass is 499 g/mol. The molecule has 0 bridgehead atoms. The molecule has 1 saturated heterocycles. The highest BCUT2D eigenvalue weighted by atomic mass is 32.1. The third kappa shape index (κ3) is 3.93. The summed E-state index contributed by atoms with van der Waals surface area (Å²) in [5.74, 6) is -0.337. The van der Waals surface area contributed by atoms with Crippen LogP contribution >= 0.6 is 22.7 Å². The van der Waals surface area contributed by atoms with E-state index in [4.69, 9.17) is 15.0 Å². The summed E-state index contributed by atoms with van der Waals surface area (Å²) >= 11 is 2.76. The maximum absolute atomic E-state index is 13.1. The van der Waals surface area contributed by atoms with Gasteiger partial charge in [-0.25, -0.2) is 4.98 Å². The first kappa shape index (κ1) is 22.4. The van der Waals surface area contributed by atoms with Gasteiger partial charge in [0.05, 0.1) is 42.5 Å². The molecule has 0 atom stereocenters. The molecule has 0 aliphatic carbocycles. The largest absolute Gasteiger partial charge is 0.397 e. The average Bonchev–Trinajstić information content (AvgIpc) is 3.52. The fraction of sp³-hybridized carbons (Fsp3) is 0.318. The molecular formula is C22H23N6O4S2+. The molecule has 5 rings (SSSR count). The number of ether oxygens (including phenoxy) is 1. The van der Waals surface area contributed by atoms with Crippen molar-refractivity contribution in [3.8, 4) is 10.4 Å². The van der Waals surface area contributed by atoms with Crippen molar-refractivity contribution < 1.29 is 23.6 Å². The van der Waals surface area contributed by atoms with E-state index in [1.807, 2.05) is 24.1 Å². The molecule has 0 unspecified atom stereocenters. The van der Waals surface area contributed by atoms with E-state index in [-0.39, 0.29) is 17.4 Å². The summed E-state index contributed by atoms with van der Waals surface area (Å²) in [6, 6.07) is 3.96. The van der Waals surface area contributed by atoms with Gasteiger partial charge in [-0.05, 0) is 32.9 Å². The fourth-order valence-electron chi connectivity index (χ4n) is 4.03. The van der Waals surface area contributed by atoms with E-state index in [0.29, 0.717) is 52.7 Å². The zero-order valence-corrected chi connectivity index (χ0v) is 20.5. The van der Waals surface area contributed by atoms with Gasteiger partial charge >= 0.3 is 5.88 Å². The van der Waals surface area contributed by atoms with Gasteiger partial charge in [0.15, 0.2) is 5.78 Å². The van der Waals surface area contributed by atoms with Crippen molar-refractivity contribution in [1.82, 2.24) is 10.3 Å². The van der Waals surface area contributed by atoms with Crippen molar-refractivity contribution in [1.29, 1.82) is 0 Å². The number of fused-ring (bicyclic) bond motifs is 1. The quantitative estimate of drug-likeness (QED) is 0.317. The normalized spacial score (nSPS) is 14.0. The van der Waals surface area contributed by atoms with Crippen LogP contribution in [0.5, 0.6) is 0 Å². The van der Waals surface area contributed by atoms with E-state index in [0.717, 1.165) is 15.3 Å². The number of nitrogen functional groups attached to an aromatic ring is 1. The summed E-state index contributed by atoms with van der Waals surface area (Å²) in [5.41, 5.74) is 8.65. The maximum atomic E-state index is 13.1. The number of hydrogen-bond donors (Lipinski definition) is 2. The Labute approximate surface area is 202 Å². The number of amides is 1. The molecule has 34 heavy (non-hydrogen) atoms. The second-order valence-electron chi connectivity index (χ2n) is 7.95. The second kappa shape index (κ2) is 8.78. The predicted molar refractivity (Wildman–Crippen MR) is 130 cm³/mol. The van der Waals surface area contributed by atoms with Gasteiger partial charge in [0.1, 0.15) is 9.71 Å². The molecule has 1 aliphatic rings. The van der Waals surface area contributed by atoms with Gasteiger partial charge in [-0.3, -0.25) is 19.4 Å². The first-order valence-electron chi connectivity index (χ1n) is 10.7. The molecule has 5 heterocycles. The van der Waals surface area contributed by atoms with Crippen LogP contribution in [0.25, 0.3) is 20.7 Å². The highest BCUT2D eigenvalue weighted by Gasteiger charge is 2.28. The average molecular weight is 500 g/mol. The smallest absolute Gasteiger partial charge is 0.306 e. The molecule has 1 amide bonds. The van der Waals surface area contributed by atoms with Crippen molar-refractivity contribution in [3.63, 3.8) is 0 Å². The second-order valence-corrected chi connectivity index (χ2v) is 10.2. The topological polar surface area (TPSA) is 127 Å². The van der Waals surface area contributed by atoms with Gasteiger partial charge in [-0.15, -0.1) is 27.7 Å². The number of pyridine rings is 1. The number of nitrogens with zero attached hydrogens (tertiary/aromatic N) is 4. The number of rotatable bonds is 5. The number of hydrogen-bond acceptors (Lipinski definition) is 10. The Balaban J connectivity index is 1.53. The van der Waals surface area contributed by atoms with Crippen LogP contribution in [-0.4, -0.2) is 48.2 Å². The molecule has 0 aromatic carbocycles. The van der Waals surface area contributed by atoms with Crippen LogP contribution in [0, 0.1) is 13.8 Å². The summed E-state index contributed by atoms with van der Waals surface area (Å²) in [6.07, 6.45) is 1.60. The van der Waals surface area contributed by atoms with Gasteiger partial charge in [-0.1, -0.05) is 0 Å². The van der Waals surface area contributed by atoms with Crippen molar-refractivity contribution in [2.45, 2.75) is 20.8 Å². The van der Waals surface area contributed by atoms with Crippen LogP contribution in [0.2, 0.25) is 0 Å². The van der Waals surface area contributed by atoms with Crippen LogP contribution in [-0.2, 0) is 4.74 Å². The fourth-order valence-corrected chi connectivity index (χ4v) is 6.01. The number of Topliss-reactive ketones (excluding diaryl/α,β-unsaturated/α-hetero) is 1. The Hall–Kier alpha value is -3.35. The molecule has 1 aliphatic heterocycles. The van der Waals surface area contributed by atoms with Crippen molar-refractivity contribution >= 4 is 56.2 Å². The molecule has 10 nitrogen and oxygen atoms in total. The Kier molecular flexibility index (Phi) is 5.80. The van der Waals surface area contributed by atoms with E-state index in [1.165, 1.54) is 18.3 Å². The van der Waals surface area contributed by atoms with Gasteiger partial charge in [0, 0.05) is 26.3 Å². The minimum Gasteiger partial charge on any atom is -0.397 e. The maximum Gasteiger partial charge on any atom is 0.306 e. The number of nitrogens with two attached hydrogens (primary N) is 1. The number of aromatic nitrogens is 3. The molecule has 0 saturated carbocycles. The van der Waals surface area contributed by atoms with E-state index in [2.05, 4.69) is 15.6 Å². The number of carbonyl (C=O) groups excluding carboxylic acids is 2. The minimum atomic E-state index is -0.430. The van der Waals surface area contributed by atoms with Crippen LogP contribution in [0.3, 0.4) is 0 Å². The minimum absolute atomic E-state index is 0.0983. The summed E-state index contributed by atoms with van der Waals surface area (Å²) < 4.78 is 10.6. The van der Waals surface area contributed by atoms with Gasteiger partial charge < -0.3 is 10.5 Å². The molecule has 176 valence electrons. The first-order chi connectivity index (χ1) is 16.3. The standard InChI is InChI=1S/C22H22N6O4S2/c1-11-4-5-14(33-11)17-16(13(3)29)12(2)24-22-18(17)19(23)20(34-22)21(30)25-15-10-28(26-32-15)27-6-8-31-9-7-27/h4-5,10H,6-9H2,1-3H3,(H2-,23,25,26,30)/p+1. The van der Waals surface area contributed by atoms with Gasteiger partial charge in [0.2, 0.25) is 5.27 Å². The Bertz CT molecular complexity index is 1420. The first-order valence-corrected chi connectivity index (χ1v) is 12.3. The van der Waals surface area contributed by atoms with Crippen molar-refractivity contribution in [3.05, 3.63) is 39.3 Å². The Morgan fingerprint density at radius 2 is 1.97 bits per heavy atom. The Morgan fingerprint density at radius 3 is 2.65 bits per heavy atom. The SMILES string of the molecule is CC(=O)c1c(C)nc2sc(C(=O)Nc3c[n+](N4CCOCC4)no3)c(N)c2c1-c1ccc(C)s1. The lowest BCUT2D eigenvalue weighted by molar-refractivity contribution is -0.759. The summed E-state index contributed by atoms with van der Waals surface area (Å²) in [7, 11) is 0. The molecule has 4 aromatic heterocycles. The summed E-state index contributed by atoms with van der Waals surface area (Å²) in [6.45, 7) is 7.85. The molecule has 3 N–H and O–H groups in total. The van der Waals surface area contributed by atoms with Gasteiger partial charge in [-0.2, -0.15) is 0 Å². The molecule has 0 radical (unpaired) electrons. The molecule has 0 spiro atoms. The van der Waals surface area contributed by atoms with Crippen molar-refractivity contribution in [2.75, 3.05) is 42.4 Å². The zero-order chi connectivity index (χ0) is 24.0. The van der Waals surface area contributed by atoms with Crippen molar-refractivity contribution in [2.24, 2.45) is 0 Å². The van der Waals surface area contributed by atoms with Crippen LogP contribution in [0.4, 0.5) is 11.6 Å². The molecular weight excluding hydrogens is 476 g/mol. The van der Waals surface area contributed by atoms with Gasteiger partial charge in [0.25, 0.3) is 12.1 Å². The third-order valence-corrected chi connectivity index (χ3v) is 7.69. The number of ketones is 1. The highest BCUT2D eigenvalue weighted by Crippen LogP contribution is 2.44. The van der Waals surface area contributed by atoms with E-state index >= 15 is 0 Å². The van der Waals surface area contributed by atoms with E-state index in [9.17, 15) is 9.59 Å². The molecule has 12 heteroatoms. The predicted octanol–water partition coefficient (Wildman–Crippen LogP) is 2.92. The number of aryl methyl sites for hydroxylation is 2. The molecule has 4 aromatic rings. The summed E-state index contributed by atoms with van der Waals surface area (Å²) in [4.78, 5) is 34.8. The summed E-state index contributed by atoms with van der Waals surface area (Å²) in [5, 5.41) is 9.26. The number of nitrogens with one attached hydrogen (secondary N) is 1. The number of anilines is 2. The van der Waals surface area contributed by atoms with Crippen LogP contribution in [0.15, 0.2) is 22.9 Å².